The van der Waals surface area contributed by atoms with Gasteiger partial charge in [0, 0.05) is 31.7 Å². The maximum absolute atomic E-state index is 12.8. The Morgan fingerprint density at radius 1 is 1.22 bits per heavy atom. The van der Waals surface area contributed by atoms with Gasteiger partial charge >= 0.3 is 0 Å². The molecule has 1 amide bonds. The van der Waals surface area contributed by atoms with Crippen LogP contribution in [0.4, 0.5) is 0 Å². The third-order valence-electron chi connectivity index (χ3n) is 5.09. The highest BCUT2D eigenvalue weighted by Gasteiger charge is 2.41. The number of nitrogens with zero attached hydrogens (tertiary/aromatic N) is 2. The van der Waals surface area contributed by atoms with Crippen molar-refractivity contribution in [3.05, 3.63) is 35.9 Å². The number of nitrogens with two attached hydrogens (primary N) is 1. The summed E-state index contributed by atoms with van der Waals surface area (Å²) >= 11 is 0. The van der Waals surface area contributed by atoms with E-state index in [4.69, 9.17) is 5.73 Å². The number of carbonyl (C=O) groups is 1. The zero-order valence-corrected chi connectivity index (χ0v) is 14.3. The molecular weight excluding hydrogens is 286 g/mol. The molecule has 3 rings (SSSR count). The smallest absolute Gasteiger partial charge is 0.240 e. The van der Waals surface area contributed by atoms with E-state index in [1.54, 1.807) is 0 Å². The molecular formula is C19H29N3O. The number of amides is 1. The standard InChI is InChI=1S/C19H29N3O/c1-14(2)18(20)19(23)22(16-8-9-16)17-10-11-21(13-17)12-15-6-4-3-5-7-15/h3-7,14,16-18H,8-13,20H2,1-2H3. The molecule has 1 saturated carbocycles. The average molecular weight is 315 g/mol. The summed E-state index contributed by atoms with van der Waals surface area (Å²) in [4.78, 5) is 17.4. The predicted molar refractivity (Wildman–Crippen MR) is 92.8 cm³/mol. The van der Waals surface area contributed by atoms with Crippen molar-refractivity contribution in [1.29, 1.82) is 0 Å². The van der Waals surface area contributed by atoms with Crippen LogP contribution in [0.5, 0.6) is 0 Å². The minimum Gasteiger partial charge on any atom is -0.334 e. The number of likely N-dealkylation sites (tertiary alicyclic amines) is 1. The van der Waals surface area contributed by atoms with Crippen LogP contribution in [0.2, 0.25) is 0 Å². The van der Waals surface area contributed by atoms with E-state index in [1.165, 1.54) is 5.56 Å². The first-order valence-corrected chi connectivity index (χ1v) is 8.90. The van der Waals surface area contributed by atoms with Gasteiger partial charge in [0.05, 0.1) is 6.04 Å². The van der Waals surface area contributed by atoms with Crippen molar-refractivity contribution < 1.29 is 4.79 Å². The van der Waals surface area contributed by atoms with E-state index >= 15 is 0 Å². The zero-order valence-electron chi connectivity index (χ0n) is 14.3. The van der Waals surface area contributed by atoms with Crippen molar-refractivity contribution in [2.24, 2.45) is 11.7 Å². The fourth-order valence-electron chi connectivity index (χ4n) is 3.49. The molecule has 1 heterocycles. The van der Waals surface area contributed by atoms with Crippen LogP contribution in [0.25, 0.3) is 0 Å². The Kier molecular flexibility index (Phi) is 5.02. The Hall–Kier alpha value is -1.39. The molecule has 0 aromatic heterocycles. The minimum absolute atomic E-state index is 0.161. The van der Waals surface area contributed by atoms with Crippen LogP contribution in [0.15, 0.2) is 30.3 Å². The van der Waals surface area contributed by atoms with Gasteiger partial charge in [-0.25, -0.2) is 0 Å². The minimum atomic E-state index is -0.362. The molecule has 2 N–H and O–H groups in total. The molecule has 1 aromatic rings. The quantitative estimate of drug-likeness (QED) is 0.876. The Balaban J connectivity index is 1.62. The monoisotopic (exact) mass is 315 g/mol. The maximum Gasteiger partial charge on any atom is 0.240 e. The molecule has 0 radical (unpaired) electrons. The van der Waals surface area contributed by atoms with Gasteiger partial charge in [-0.3, -0.25) is 9.69 Å². The van der Waals surface area contributed by atoms with Crippen LogP contribution in [-0.4, -0.2) is 46.9 Å². The van der Waals surface area contributed by atoms with Crippen molar-refractivity contribution in [1.82, 2.24) is 9.80 Å². The summed E-state index contributed by atoms with van der Waals surface area (Å²) < 4.78 is 0. The first-order valence-electron chi connectivity index (χ1n) is 8.90. The summed E-state index contributed by atoms with van der Waals surface area (Å²) in [6.45, 7) is 7.07. The largest absolute Gasteiger partial charge is 0.334 e. The van der Waals surface area contributed by atoms with Crippen LogP contribution >= 0.6 is 0 Å². The van der Waals surface area contributed by atoms with Gasteiger partial charge in [-0.2, -0.15) is 0 Å². The zero-order chi connectivity index (χ0) is 16.4. The summed E-state index contributed by atoms with van der Waals surface area (Å²) in [6, 6.07) is 11.0. The molecule has 2 fully saturated rings. The van der Waals surface area contributed by atoms with E-state index in [0.717, 1.165) is 38.9 Å². The van der Waals surface area contributed by atoms with Gasteiger partial charge < -0.3 is 10.6 Å². The molecule has 2 unspecified atom stereocenters. The Morgan fingerprint density at radius 2 is 1.91 bits per heavy atom. The van der Waals surface area contributed by atoms with E-state index < -0.39 is 0 Å². The fourth-order valence-corrected chi connectivity index (χ4v) is 3.49. The third-order valence-corrected chi connectivity index (χ3v) is 5.09. The topological polar surface area (TPSA) is 49.6 Å². The van der Waals surface area contributed by atoms with Gasteiger partial charge in [0.25, 0.3) is 0 Å². The summed E-state index contributed by atoms with van der Waals surface area (Å²) in [5, 5.41) is 0. The van der Waals surface area contributed by atoms with Crippen LogP contribution in [0.1, 0.15) is 38.7 Å². The van der Waals surface area contributed by atoms with Gasteiger partial charge in [0.2, 0.25) is 5.91 Å². The van der Waals surface area contributed by atoms with Crippen molar-refractivity contribution in [2.45, 2.75) is 57.8 Å². The lowest BCUT2D eigenvalue weighted by Gasteiger charge is -2.32. The Morgan fingerprint density at radius 3 is 2.52 bits per heavy atom. The van der Waals surface area contributed by atoms with E-state index in [1.807, 2.05) is 13.8 Å². The number of carbonyl (C=O) groups excluding carboxylic acids is 1. The van der Waals surface area contributed by atoms with Crippen LogP contribution in [0, 0.1) is 5.92 Å². The number of benzene rings is 1. The van der Waals surface area contributed by atoms with E-state index in [0.29, 0.717) is 12.1 Å². The Bertz CT molecular complexity index is 527. The lowest BCUT2D eigenvalue weighted by molar-refractivity contribution is -0.136. The van der Waals surface area contributed by atoms with Gasteiger partial charge in [-0.15, -0.1) is 0 Å². The normalized spacial score (nSPS) is 23.2. The number of rotatable bonds is 6. The van der Waals surface area contributed by atoms with E-state index in [9.17, 15) is 4.79 Å². The number of hydrogen-bond acceptors (Lipinski definition) is 3. The van der Waals surface area contributed by atoms with Crippen LogP contribution in [-0.2, 0) is 11.3 Å². The second-order valence-electron chi connectivity index (χ2n) is 7.41. The highest BCUT2D eigenvalue weighted by Crippen LogP contribution is 2.32. The second-order valence-corrected chi connectivity index (χ2v) is 7.41. The number of hydrogen-bond donors (Lipinski definition) is 1. The second kappa shape index (κ2) is 7.02. The van der Waals surface area contributed by atoms with Gasteiger partial charge in [-0.05, 0) is 30.7 Å². The van der Waals surface area contributed by atoms with Crippen molar-refractivity contribution >= 4 is 5.91 Å². The third kappa shape index (κ3) is 3.93. The maximum atomic E-state index is 12.8. The van der Waals surface area contributed by atoms with Crippen molar-refractivity contribution in [3.8, 4) is 0 Å². The molecule has 1 aliphatic carbocycles. The molecule has 1 aromatic carbocycles. The highest BCUT2D eigenvalue weighted by molar-refractivity contribution is 5.83. The Labute approximate surface area is 139 Å². The molecule has 2 aliphatic rings. The average Bonchev–Trinajstić information content (AvgIpc) is 3.27. The van der Waals surface area contributed by atoms with Crippen LogP contribution in [0.3, 0.4) is 0 Å². The van der Waals surface area contributed by atoms with Gasteiger partial charge in [0.1, 0.15) is 0 Å². The highest BCUT2D eigenvalue weighted by atomic mass is 16.2. The van der Waals surface area contributed by atoms with E-state index in [-0.39, 0.29) is 17.9 Å². The SMILES string of the molecule is CC(C)C(N)C(=O)N(C1CC1)C1CCN(Cc2ccccc2)C1. The molecule has 4 nitrogen and oxygen atoms in total. The van der Waals surface area contributed by atoms with Gasteiger partial charge in [0.15, 0.2) is 0 Å². The molecule has 1 aliphatic heterocycles. The molecule has 126 valence electrons. The van der Waals surface area contributed by atoms with Gasteiger partial charge in [-0.1, -0.05) is 44.2 Å². The van der Waals surface area contributed by atoms with Crippen molar-refractivity contribution in [2.75, 3.05) is 13.1 Å². The summed E-state index contributed by atoms with van der Waals surface area (Å²) in [5.41, 5.74) is 7.49. The predicted octanol–water partition coefficient (Wildman–Crippen LogP) is 2.24. The lowest BCUT2D eigenvalue weighted by atomic mass is 10.0. The summed E-state index contributed by atoms with van der Waals surface area (Å²) in [6.07, 6.45) is 3.36. The van der Waals surface area contributed by atoms with E-state index in [2.05, 4.69) is 40.1 Å². The summed E-state index contributed by atoms with van der Waals surface area (Å²) in [7, 11) is 0. The molecule has 4 heteroatoms. The van der Waals surface area contributed by atoms with Crippen molar-refractivity contribution in [3.63, 3.8) is 0 Å². The van der Waals surface area contributed by atoms with Crippen LogP contribution < -0.4 is 5.73 Å². The first kappa shape index (κ1) is 16.5. The molecule has 0 spiro atoms. The fraction of sp³-hybridized carbons (Fsp3) is 0.632. The molecule has 0 bridgehead atoms. The lowest BCUT2D eigenvalue weighted by Crippen LogP contribution is -2.52. The molecule has 23 heavy (non-hydrogen) atoms. The molecule has 2 atom stereocenters. The summed E-state index contributed by atoms with van der Waals surface area (Å²) in [5.74, 6) is 0.361. The molecule has 1 saturated heterocycles. The first-order chi connectivity index (χ1) is 11.1.